The highest BCUT2D eigenvalue weighted by Crippen LogP contribution is 1.91. The Morgan fingerprint density at radius 1 is 0.700 bits per heavy atom. The minimum absolute atomic E-state index is 1.28. The van der Waals surface area contributed by atoms with Gasteiger partial charge in [-0.15, -0.1) is 0 Å². The molecule has 0 spiro atoms. The zero-order valence-corrected chi connectivity index (χ0v) is 7.69. The fourth-order valence-corrected chi connectivity index (χ4v) is 1.28. The van der Waals surface area contributed by atoms with Crippen molar-refractivity contribution in [1.82, 2.24) is 4.90 Å². The van der Waals surface area contributed by atoms with Gasteiger partial charge in [-0.2, -0.15) is 4.90 Å². The van der Waals surface area contributed by atoms with E-state index < -0.39 is 0 Å². The first kappa shape index (κ1) is 9.96. The molecule has 0 aliphatic heterocycles. The van der Waals surface area contributed by atoms with Crippen LogP contribution >= 0.6 is 0 Å². The summed E-state index contributed by atoms with van der Waals surface area (Å²) in [5, 5.41) is 0. The smallest absolute Gasteiger partial charge is 0.122 e. The molecule has 1 heteroatoms. The molecule has 0 aromatic carbocycles. The van der Waals surface area contributed by atoms with Crippen molar-refractivity contribution in [2.24, 2.45) is 0 Å². The normalized spacial score (nSPS) is 10.8. The van der Waals surface area contributed by atoms with E-state index in [0.717, 1.165) is 0 Å². The van der Waals surface area contributed by atoms with Gasteiger partial charge in [-0.05, 0) is 19.3 Å². The molecule has 0 unspecified atom stereocenters. The number of hydrogen-bond acceptors (Lipinski definition) is 1. The van der Waals surface area contributed by atoms with Crippen molar-refractivity contribution < 1.29 is 0 Å². The molecule has 0 saturated heterocycles. The second-order valence-electron chi connectivity index (χ2n) is 2.84. The Kier molecular flexibility index (Phi) is 7.04. The first-order valence-electron chi connectivity index (χ1n) is 4.57. The fourth-order valence-electron chi connectivity index (χ4n) is 1.28. The molecular weight excluding hydrogens is 122 g/mol. The zero-order chi connectivity index (χ0) is 7.82. The van der Waals surface area contributed by atoms with Gasteiger partial charge in [0.1, 0.15) is 19.6 Å². The maximum atomic E-state index is 2.54. The monoisotopic (exact) mass is 143 g/mol. The summed E-state index contributed by atoms with van der Waals surface area (Å²) in [5.41, 5.74) is 0. The summed E-state index contributed by atoms with van der Waals surface area (Å²) in [4.78, 5) is 2.54. The van der Waals surface area contributed by atoms with Gasteiger partial charge in [-0.3, -0.25) is 0 Å². The van der Waals surface area contributed by atoms with Crippen LogP contribution in [0.25, 0.3) is 0 Å². The van der Waals surface area contributed by atoms with Gasteiger partial charge in [0.15, 0.2) is 0 Å². The van der Waals surface area contributed by atoms with Crippen LogP contribution in [-0.2, 0) is 0 Å². The van der Waals surface area contributed by atoms with Gasteiger partial charge in [-0.1, -0.05) is 20.8 Å². The van der Waals surface area contributed by atoms with E-state index in [4.69, 9.17) is 0 Å². The van der Waals surface area contributed by atoms with E-state index >= 15 is 0 Å². The van der Waals surface area contributed by atoms with Gasteiger partial charge < -0.3 is 0 Å². The summed E-state index contributed by atoms with van der Waals surface area (Å²) in [6.07, 6.45) is 3.88. The Bertz CT molecular complexity index is 47.5. The molecule has 0 heterocycles. The third-order valence-electron chi connectivity index (χ3n) is 1.62. The summed E-state index contributed by atoms with van der Waals surface area (Å²) in [5.74, 6) is 0. The predicted octanol–water partition coefficient (Wildman–Crippen LogP) is 2.36. The summed E-state index contributed by atoms with van der Waals surface area (Å²) >= 11 is 0. The SMILES string of the molecule is CCC[N+](CCC)CCC. The van der Waals surface area contributed by atoms with Crippen LogP contribution < -0.4 is 4.90 Å². The molecule has 0 aliphatic rings. The molecule has 1 nitrogen and oxygen atoms in total. The van der Waals surface area contributed by atoms with Crippen LogP contribution in [0.3, 0.4) is 0 Å². The van der Waals surface area contributed by atoms with Crippen molar-refractivity contribution in [2.75, 3.05) is 19.6 Å². The molecule has 0 aromatic heterocycles. The van der Waals surface area contributed by atoms with Gasteiger partial charge in [0.2, 0.25) is 0 Å². The van der Waals surface area contributed by atoms with Crippen LogP contribution in [-0.4, -0.2) is 19.6 Å². The highest BCUT2D eigenvalue weighted by Gasteiger charge is 2.08. The quantitative estimate of drug-likeness (QED) is 0.503. The van der Waals surface area contributed by atoms with Crippen LogP contribution in [0.4, 0.5) is 0 Å². The summed E-state index contributed by atoms with van der Waals surface area (Å²) < 4.78 is 0. The maximum absolute atomic E-state index is 2.54. The van der Waals surface area contributed by atoms with E-state index in [1.54, 1.807) is 0 Å². The minimum Gasteiger partial charge on any atom is -0.170 e. The highest BCUT2D eigenvalue weighted by molar-refractivity contribution is 4.60. The van der Waals surface area contributed by atoms with Crippen molar-refractivity contribution >= 4 is 0 Å². The average Bonchev–Trinajstić information content (AvgIpc) is 1.90. The lowest BCUT2D eigenvalue weighted by Crippen LogP contribution is -2.32. The lowest BCUT2D eigenvalue weighted by atomic mass is 10.3. The van der Waals surface area contributed by atoms with E-state index in [2.05, 4.69) is 25.7 Å². The molecule has 0 aromatic rings. The van der Waals surface area contributed by atoms with Crippen molar-refractivity contribution in [3.63, 3.8) is 0 Å². The van der Waals surface area contributed by atoms with Crippen molar-refractivity contribution in [1.29, 1.82) is 0 Å². The molecule has 61 valence electrons. The van der Waals surface area contributed by atoms with Crippen LogP contribution in [0.2, 0.25) is 0 Å². The van der Waals surface area contributed by atoms with E-state index in [-0.39, 0.29) is 0 Å². The molecule has 0 bridgehead atoms. The van der Waals surface area contributed by atoms with Crippen molar-refractivity contribution in [3.8, 4) is 0 Å². The van der Waals surface area contributed by atoms with Crippen LogP contribution in [0.15, 0.2) is 0 Å². The van der Waals surface area contributed by atoms with Gasteiger partial charge in [0.05, 0.1) is 0 Å². The molecule has 0 N–H and O–H groups in total. The Morgan fingerprint density at radius 2 is 1.00 bits per heavy atom. The summed E-state index contributed by atoms with van der Waals surface area (Å²) in [6.45, 7) is 10.6. The Morgan fingerprint density at radius 3 is 1.20 bits per heavy atom. The Hall–Kier alpha value is -0.0400. The van der Waals surface area contributed by atoms with E-state index in [1.807, 2.05) is 0 Å². The van der Waals surface area contributed by atoms with Gasteiger partial charge in [-0.25, -0.2) is 0 Å². The van der Waals surface area contributed by atoms with Crippen molar-refractivity contribution in [3.05, 3.63) is 0 Å². The molecule has 1 radical (unpaired) electrons. The standard InChI is InChI=1S/C9H21N/c1-4-7-10(8-5-2)9-6-3/h4-9H2,1-3H3/q+1. The molecule has 0 fully saturated rings. The van der Waals surface area contributed by atoms with E-state index in [9.17, 15) is 0 Å². The molecule has 0 rings (SSSR count). The number of hydrogen-bond donors (Lipinski definition) is 0. The minimum atomic E-state index is 1.28. The molecular formula is C9H21N+. The highest BCUT2D eigenvalue weighted by atomic mass is 15.1. The van der Waals surface area contributed by atoms with Gasteiger partial charge in [0, 0.05) is 0 Å². The Balaban J connectivity index is 3.30. The summed E-state index contributed by atoms with van der Waals surface area (Å²) in [7, 11) is 0. The third kappa shape index (κ3) is 4.80. The first-order chi connectivity index (χ1) is 4.85. The molecule has 0 atom stereocenters. The van der Waals surface area contributed by atoms with Gasteiger partial charge in [0.25, 0.3) is 0 Å². The zero-order valence-electron chi connectivity index (χ0n) is 7.69. The number of rotatable bonds is 6. The largest absolute Gasteiger partial charge is 0.170 e. The third-order valence-corrected chi connectivity index (χ3v) is 1.62. The second-order valence-corrected chi connectivity index (χ2v) is 2.84. The van der Waals surface area contributed by atoms with Crippen LogP contribution in [0, 0.1) is 0 Å². The van der Waals surface area contributed by atoms with E-state index in [0.29, 0.717) is 0 Å². The topological polar surface area (TPSA) is 5.90 Å². The van der Waals surface area contributed by atoms with Gasteiger partial charge >= 0.3 is 0 Å². The Labute approximate surface area is 65.4 Å². The summed E-state index contributed by atoms with van der Waals surface area (Å²) in [6, 6.07) is 0. The lowest BCUT2D eigenvalue weighted by Gasteiger charge is -2.08. The van der Waals surface area contributed by atoms with E-state index in [1.165, 1.54) is 38.9 Å². The molecule has 0 aliphatic carbocycles. The lowest BCUT2D eigenvalue weighted by molar-refractivity contribution is 0.404. The second kappa shape index (κ2) is 7.07. The first-order valence-corrected chi connectivity index (χ1v) is 4.57. The predicted molar refractivity (Wildman–Crippen MR) is 47.6 cm³/mol. The number of nitrogens with zero attached hydrogens (tertiary/aromatic N) is 1. The average molecular weight is 143 g/mol. The van der Waals surface area contributed by atoms with Crippen molar-refractivity contribution in [2.45, 2.75) is 40.0 Å². The molecule has 0 saturated carbocycles. The fraction of sp³-hybridized carbons (Fsp3) is 1.00. The maximum Gasteiger partial charge on any atom is 0.122 e. The van der Waals surface area contributed by atoms with Crippen LogP contribution in [0.1, 0.15) is 40.0 Å². The molecule has 0 amide bonds. The molecule has 10 heavy (non-hydrogen) atoms. The van der Waals surface area contributed by atoms with Crippen LogP contribution in [0.5, 0.6) is 0 Å².